The van der Waals surface area contributed by atoms with Gasteiger partial charge in [0.05, 0.1) is 27.5 Å². The van der Waals surface area contributed by atoms with E-state index in [9.17, 15) is 10.2 Å². The monoisotopic (exact) mass is 715 g/mol. The summed E-state index contributed by atoms with van der Waals surface area (Å²) in [5.41, 5.74) is 4.74. The Kier molecular flexibility index (Phi) is 15.0. The molecule has 0 bridgehead atoms. The number of carbonyl (C=O) groups excluding carboxylic acids is 2. The molecular weight excluding hydrogens is 672 g/mol. The number of aryl methyl sites for hydroxylation is 2. The minimum atomic E-state index is -1.56. The molecule has 0 saturated carbocycles. The van der Waals surface area contributed by atoms with E-state index < -0.39 is 28.1 Å². The number of hydrogen-bond acceptors (Lipinski definition) is 8. The SMILES string of the molecule is CC(=O)[O-].CC(=O)[O-].Cc1cc([Si](C)(C)C)cc(C=Nc2cccc3cccc(N=Cc4cc([Si](C)(C)C)cc(C)c4O)c23)c1O.[Co+2]. The van der Waals surface area contributed by atoms with Crippen molar-refractivity contribution in [2.45, 2.75) is 67.0 Å². The maximum atomic E-state index is 10.8. The van der Waals surface area contributed by atoms with E-state index in [0.717, 1.165) is 58.2 Å². The summed E-state index contributed by atoms with van der Waals surface area (Å²) < 4.78 is 0. The first-order valence-electron chi connectivity index (χ1n) is 14.9. The predicted molar refractivity (Wildman–Crippen MR) is 191 cm³/mol. The van der Waals surface area contributed by atoms with Gasteiger partial charge in [-0.2, -0.15) is 0 Å². The molecule has 0 saturated heterocycles. The summed E-state index contributed by atoms with van der Waals surface area (Å²) in [6, 6.07) is 20.3. The Hall–Kier alpha value is -4.04. The molecule has 4 aromatic carbocycles. The van der Waals surface area contributed by atoms with E-state index in [0.29, 0.717) is 0 Å². The summed E-state index contributed by atoms with van der Waals surface area (Å²) in [4.78, 5) is 27.5. The van der Waals surface area contributed by atoms with Crippen molar-refractivity contribution < 1.29 is 46.8 Å². The fourth-order valence-electron chi connectivity index (χ4n) is 4.47. The molecule has 8 nitrogen and oxygen atoms in total. The standard InChI is InChI=1S/C32H38N2O2Si2.2C2H4O2.Co/c1-21-15-26(37(3,4)5)17-24(31(21)35)19-33-28-13-9-11-23-12-10-14-29(30(23)28)34-20-25-18-27(38(6,7)8)16-22(2)32(25)36;2*1-2(3)4;/h9-20,35-36H,1-8H3;2*1H3,(H,3,4);/q;;;+2/p-2. The molecule has 1 radical (unpaired) electrons. The number of rotatable bonds is 6. The first-order valence-corrected chi connectivity index (χ1v) is 21.9. The average molecular weight is 716 g/mol. The molecule has 0 amide bonds. The molecule has 0 unspecified atom stereocenters. The van der Waals surface area contributed by atoms with Crippen molar-refractivity contribution in [1.29, 1.82) is 0 Å². The topological polar surface area (TPSA) is 145 Å². The molecule has 0 aliphatic rings. The Morgan fingerprint density at radius 1 is 0.660 bits per heavy atom. The molecule has 0 aliphatic heterocycles. The molecule has 0 aromatic heterocycles. The summed E-state index contributed by atoms with van der Waals surface area (Å²) in [6.45, 7) is 19.6. The Bertz CT molecular complexity index is 1660. The van der Waals surface area contributed by atoms with Gasteiger partial charge in [-0.25, -0.2) is 0 Å². The molecule has 0 atom stereocenters. The molecule has 0 spiro atoms. The number of phenolic OH excluding ortho intramolecular Hbond substituents is 2. The fraction of sp³-hybridized carbons (Fsp3) is 0.278. The smallest absolute Gasteiger partial charge is 0.550 e. The van der Waals surface area contributed by atoms with Crippen molar-refractivity contribution in [3.8, 4) is 11.5 Å². The molecule has 0 aliphatic carbocycles. The van der Waals surface area contributed by atoms with Gasteiger partial charge in [0.1, 0.15) is 11.5 Å². The van der Waals surface area contributed by atoms with Gasteiger partial charge < -0.3 is 30.0 Å². The van der Waals surface area contributed by atoms with E-state index in [1.54, 1.807) is 12.4 Å². The number of carboxylic acids is 2. The van der Waals surface area contributed by atoms with E-state index in [-0.39, 0.29) is 28.3 Å². The largest absolute Gasteiger partial charge is 2.00 e. The Balaban J connectivity index is 0.00000110. The Morgan fingerprint density at radius 2 is 0.979 bits per heavy atom. The second-order valence-electron chi connectivity index (χ2n) is 13.1. The molecule has 4 rings (SSSR count). The molecule has 47 heavy (non-hydrogen) atoms. The van der Waals surface area contributed by atoms with Crippen LogP contribution in [0.3, 0.4) is 0 Å². The van der Waals surface area contributed by atoms with Crippen LogP contribution in [0.2, 0.25) is 39.3 Å². The number of nitrogens with zero attached hydrogens (tertiary/aromatic N) is 2. The van der Waals surface area contributed by atoms with Crippen LogP contribution in [0, 0.1) is 13.8 Å². The van der Waals surface area contributed by atoms with Gasteiger partial charge in [-0.05, 0) is 56.3 Å². The van der Waals surface area contributed by atoms with E-state index >= 15 is 0 Å². The maximum Gasteiger partial charge on any atom is 2.00 e. The number of aliphatic carboxylic acids is 2. The maximum absolute atomic E-state index is 10.8. The zero-order valence-electron chi connectivity index (χ0n) is 28.7. The van der Waals surface area contributed by atoms with Crippen LogP contribution in [-0.2, 0) is 26.4 Å². The van der Waals surface area contributed by atoms with Crippen LogP contribution in [0.25, 0.3) is 10.8 Å². The Labute approximate surface area is 290 Å². The quantitative estimate of drug-likeness (QED) is 0.213. The van der Waals surface area contributed by atoms with E-state index in [2.05, 4.69) is 63.5 Å². The number of phenols is 2. The van der Waals surface area contributed by atoms with Gasteiger partial charge in [-0.3, -0.25) is 9.98 Å². The van der Waals surface area contributed by atoms with Gasteiger partial charge in [0.25, 0.3) is 0 Å². The van der Waals surface area contributed by atoms with Gasteiger partial charge in [-0.1, -0.05) is 98.2 Å². The van der Waals surface area contributed by atoms with Gasteiger partial charge in [0, 0.05) is 40.9 Å². The molecule has 0 heterocycles. The number of aliphatic imine (C=N–C) groups is 2. The molecule has 4 aromatic rings. The summed E-state index contributed by atoms with van der Waals surface area (Å²) in [5.74, 6) is -1.63. The van der Waals surface area contributed by atoms with Gasteiger partial charge >= 0.3 is 16.8 Å². The van der Waals surface area contributed by atoms with Crippen molar-refractivity contribution in [1.82, 2.24) is 0 Å². The van der Waals surface area contributed by atoms with Crippen LogP contribution in [0.5, 0.6) is 11.5 Å². The van der Waals surface area contributed by atoms with Gasteiger partial charge in [0.2, 0.25) is 0 Å². The number of carboxylic acid groups (broad SMARTS) is 2. The van der Waals surface area contributed by atoms with Crippen molar-refractivity contribution in [2.24, 2.45) is 9.98 Å². The molecule has 11 heteroatoms. The third-order valence-corrected chi connectivity index (χ3v) is 11.0. The normalized spacial score (nSPS) is 11.4. The second kappa shape index (κ2) is 17.2. The zero-order chi connectivity index (χ0) is 35.0. The minimum Gasteiger partial charge on any atom is -0.550 e. The van der Waals surface area contributed by atoms with E-state index in [1.807, 2.05) is 50.2 Å². The fourth-order valence-corrected chi connectivity index (χ4v) is 6.95. The third kappa shape index (κ3) is 12.2. The molecule has 0 fully saturated rings. The van der Waals surface area contributed by atoms with Crippen LogP contribution in [0.4, 0.5) is 11.4 Å². The van der Waals surface area contributed by atoms with E-state index in [1.165, 1.54) is 10.4 Å². The summed E-state index contributed by atoms with van der Waals surface area (Å²) in [6.07, 6.45) is 3.52. The van der Waals surface area contributed by atoms with Crippen molar-refractivity contribution in [3.05, 3.63) is 82.9 Å². The summed E-state index contributed by atoms with van der Waals surface area (Å²) in [7, 11) is -3.12. The van der Waals surface area contributed by atoms with E-state index in [4.69, 9.17) is 29.8 Å². The van der Waals surface area contributed by atoms with Crippen LogP contribution in [0.15, 0.2) is 70.6 Å². The zero-order valence-corrected chi connectivity index (χ0v) is 31.7. The van der Waals surface area contributed by atoms with Gasteiger partial charge in [-0.15, -0.1) is 0 Å². The number of aromatic hydroxyl groups is 2. The van der Waals surface area contributed by atoms with Gasteiger partial charge in [0.15, 0.2) is 0 Å². The minimum absolute atomic E-state index is 0. The predicted octanol–water partition coefficient (Wildman–Crippen LogP) is 4.97. The van der Waals surface area contributed by atoms with Crippen LogP contribution < -0.4 is 20.6 Å². The molecule has 2 N–H and O–H groups in total. The number of hydrogen-bond donors (Lipinski definition) is 2. The number of fused-ring (bicyclic) bond motifs is 1. The van der Waals surface area contributed by atoms with Crippen LogP contribution in [0.1, 0.15) is 36.1 Å². The first-order chi connectivity index (χ1) is 21.2. The Morgan fingerprint density at radius 3 is 1.28 bits per heavy atom. The van der Waals surface area contributed by atoms with Crippen LogP contribution >= 0.6 is 0 Å². The molecule has 251 valence electrons. The van der Waals surface area contributed by atoms with Crippen LogP contribution in [-0.4, -0.2) is 50.7 Å². The van der Waals surface area contributed by atoms with Crippen molar-refractivity contribution in [3.63, 3.8) is 0 Å². The average Bonchev–Trinajstić information content (AvgIpc) is 2.92. The second-order valence-corrected chi connectivity index (χ2v) is 23.3. The third-order valence-electron chi connectivity index (χ3n) is 6.94. The first kappa shape index (κ1) is 41.0. The summed E-state index contributed by atoms with van der Waals surface area (Å²) >= 11 is 0. The number of carbonyl (C=O) groups is 2. The molecular formula is C36H44CoN2O6Si2. The van der Waals surface area contributed by atoms with Crippen molar-refractivity contribution in [2.75, 3.05) is 0 Å². The van der Waals surface area contributed by atoms with Crippen molar-refractivity contribution >= 4 is 73.0 Å². The summed E-state index contributed by atoms with van der Waals surface area (Å²) in [5, 5.41) is 43.8. The number of benzene rings is 4.